The second-order valence-electron chi connectivity index (χ2n) is 5.24. The van der Waals surface area contributed by atoms with Gasteiger partial charge in [0.1, 0.15) is 0 Å². The minimum absolute atomic E-state index is 0.209. The summed E-state index contributed by atoms with van der Waals surface area (Å²) in [4.78, 5) is 14.6. The lowest BCUT2D eigenvalue weighted by Crippen LogP contribution is -2.52. The van der Waals surface area contributed by atoms with Crippen LogP contribution in [-0.2, 0) is 4.79 Å². The lowest BCUT2D eigenvalue weighted by Gasteiger charge is -2.39. The first kappa shape index (κ1) is 15.0. The van der Waals surface area contributed by atoms with E-state index in [0.717, 1.165) is 51.7 Å². The highest BCUT2D eigenvalue weighted by atomic mass is 16.2. The molecule has 0 aromatic rings. The fourth-order valence-electron chi connectivity index (χ4n) is 2.92. The summed E-state index contributed by atoms with van der Waals surface area (Å²) >= 11 is 0. The summed E-state index contributed by atoms with van der Waals surface area (Å²) in [6.07, 6.45) is 10.4. The zero-order chi connectivity index (χ0) is 13.4. The van der Waals surface area contributed by atoms with Crippen molar-refractivity contribution in [2.45, 2.75) is 46.0 Å². The normalized spacial score (nSPS) is 23.4. The Morgan fingerprint density at radius 2 is 2.22 bits per heavy atom. The van der Waals surface area contributed by atoms with E-state index < -0.39 is 0 Å². The fourth-order valence-corrected chi connectivity index (χ4v) is 2.92. The van der Waals surface area contributed by atoms with Gasteiger partial charge in [-0.15, -0.1) is 6.42 Å². The molecule has 1 unspecified atom stereocenters. The minimum Gasteiger partial charge on any atom is -0.331 e. The molecule has 102 valence electrons. The van der Waals surface area contributed by atoms with Crippen molar-refractivity contribution in [3.8, 4) is 12.3 Å². The van der Waals surface area contributed by atoms with Crippen molar-refractivity contribution in [2.24, 2.45) is 5.41 Å². The number of hydrogen-bond donors (Lipinski definition) is 1. The van der Waals surface area contributed by atoms with Crippen molar-refractivity contribution in [1.82, 2.24) is 10.2 Å². The molecular formula is C15H26N2O. The van der Waals surface area contributed by atoms with Gasteiger partial charge in [0.05, 0.1) is 12.0 Å². The zero-order valence-electron chi connectivity index (χ0n) is 11.8. The topological polar surface area (TPSA) is 32.3 Å². The van der Waals surface area contributed by atoms with Crippen LogP contribution in [0.15, 0.2) is 0 Å². The molecule has 1 fully saturated rings. The van der Waals surface area contributed by atoms with E-state index in [1.54, 1.807) is 0 Å². The second-order valence-corrected chi connectivity index (χ2v) is 5.24. The Balaban J connectivity index is 2.82. The van der Waals surface area contributed by atoms with Gasteiger partial charge in [-0.2, -0.15) is 0 Å². The predicted molar refractivity (Wildman–Crippen MR) is 75.1 cm³/mol. The number of piperidine rings is 1. The van der Waals surface area contributed by atoms with E-state index in [1.807, 2.05) is 4.90 Å². The summed E-state index contributed by atoms with van der Waals surface area (Å²) in [6.45, 7) is 7.29. The van der Waals surface area contributed by atoms with E-state index in [4.69, 9.17) is 6.42 Å². The molecule has 1 heterocycles. The van der Waals surface area contributed by atoms with Crippen molar-refractivity contribution in [1.29, 1.82) is 0 Å². The molecule has 1 amide bonds. The summed E-state index contributed by atoms with van der Waals surface area (Å²) in [7, 11) is 0. The number of nitrogens with one attached hydrogen (secondary N) is 1. The SMILES string of the molecule is C#CCN(CCC)C(=O)C1(CCC)CCCNC1. The lowest BCUT2D eigenvalue weighted by molar-refractivity contribution is -0.143. The number of terminal acetylenes is 1. The molecule has 0 spiro atoms. The van der Waals surface area contributed by atoms with Gasteiger partial charge in [-0.3, -0.25) is 4.79 Å². The first-order valence-corrected chi connectivity index (χ1v) is 7.13. The average molecular weight is 250 g/mol. The molecule has 0 bridgehead atoms. The average Bonchev–Trinajstić information content (AvgIpc) is 2.39. The summed E-state index contributed by atoms with van der Waals surface area (Å²) < 4.78 is 0. The molecule has 0 radical (unpaired) electrons. The van der Waals surface area contributed by atoms with E-state index in [-0.39, 0.29) is 11.3 Å². The first-order chi connectivity index (χ1) is 8.70. The van der Waals surface area contributed by atoms with Gasteiger partial charge >= 0.3 is 0 Å². The highest BCUT2D eigenvalue weighted by Gasteiger charge is 2.40. The van der Waals surface area contributed by atoms with Crippen LogP contribution in [0, 0.1) is 17.8 Å². The molecule has 0 aromatic carbocycles. The van der Waals surface area contributed by atoms with Crippen molar-refractivity contribution in [3.63, 3.8) is 0 Å². The van der Waals surface area contributed by atoms with Gasteiger partial charge in [0.15, 0.2) is 0 Å². The maximum Gasteiger partial charge on any atom is 0.230 e. The molecule has 1 aliphatic rings. The van der Waals surface area contributed by atoms with Crippen LogP contribution >= 0.6 is 0 Å². The van der Waals surface area contributed by atoms with Crippen LogP contribution in [0.2, 0.25) is 0 Å². The van der Waals surface area contributed by atoms with Crippen LogP contribution in [0.5, 0.6) is 0 Å². The zero-order valence-corrected chi connectivity index (χ0v) is 11.8. The molecule has 3 heteroatoms. The Morgan fingerprint density at radius 3 is 2.72 bits per heavy atom. The maximum atomic E-state index is 12.8. The summed E-state index contributed by atoms with van der Waals surface area (Å²) in [6, 6.07) is 0. The maximum absolute atomic E-state index is 12.8. The number of rotatable bonds is 6. The Labute approximate surface area is 111 Å². The molecule has 1 rings (SSSR count). The molecule has 1 aliphatic heterocycles. The summed E-state index contributed by atoms with van der Waals surface area (Å²) in [5.41, 5.74) is -0.209. The monoisotopic (exact) mass is 250 g/mol. The van der Waals surface area contributed by atoms with Gasteiger partial charge in [0, 0.05) is 13.1 Å². The molecule has 0 aromatic heterocycles. The van der Waals surface area contributed by atoms with E-state index in [0.29, 0.717) is 6.54 Å². The van der Waals surface area contributed by atoms with Crippen LogP contribution in [-0.4, -0.2) is 37.0 Å². The van der Waals surface area contributed by atoms with E-state index in [2.05, 4.69) is 25.1 Å². The molecule has 0 saturated carbocycles. The van der Waals surface area contributed by atoms with Crippen molar-refractivity contribution >= 4 is 5.91 Å². The van der Waals surface area contributed by atoms with E-state index in [9.17, 15) is 4.79 Å². The summed E-state index contributed by atoms with van der Waals surface area (Å²) in [5, 5.41) is 3.38. The van der Waals surface area contributed by atoms with Crippen molar-refractivity contribution in [2.75, 3.05) is 26.2 Å². The van der Waals surface area contributed by atoms with Gasteiger partial charge in [-0.05, 0) is 32.2 Å². The number of carbonyl (C=O) groups excluding carboxylic acids is 1. The number of amides is 1. The van der Waals surface area contributed by atoms with Gasteiger partial charge in [-0.1, -0.05) is 26.2 Å². The van der Waals surface area contributed by atoms with Crippen LogP contribution in [0.3, 0.4) is 0 Å². The molecule has 18 heavy (non-hydrogen) atoms. The van der Waals surface area contributed by atoms with Gasteiger partial charge in [-0.25, -0.2) is 0 Å². The van der Waals surface area contributed by atoms with Gasteiger partial charge in [0.2, 0.25) is 5.91 Å². The third kappa shape index (κ3) is 3.49. The van der Waals surface area contributed by atoms with E-state index in [1.165, 1.54) is 0 Å². The van der Waals surface area contributed by atoms with Crippen LogP contribution < -0.4 is 5.32 Å². The molecule has 0 aliphatic carbocycles. The Morgan fingerprint density at radius 1 is 1.44 bits per heavy atom. The molecule has 3 nitrogen and oxygen atoms in total. The van der Waals surface area contributed by atoms with Gasteiger partial charge < -0.3 is 10.2 Å². The number of hydrogen-bond acceptors (Lipinski definition) is 2. The Hall–Kier alpha value is -1.01. The molecule has 1 atom stereocenters. The molecular weight excluding hydrogens is 224 g/mol. The first-order valence-electron chi connectivity index (χ1n) is 7.13. The van der Waals surface area contributed by atoms with Crippen molar-refractivity contribution < 1.29 is 4.79 Å². The highest BCUT2D eigenvalue weighted by Crippen LogP contribution is 2.33. The van der Waals surface area contributed by atoms with Crippen LogP contribution in [0.4, 0.5) is 0 Å². The third-order valence-electron chi connectivity index (χ3n) is 3.72. The molecule has 1 N–H and O–H groups in total. The second kappa shape index (κ2) is 7.43. The Kier molecular flexibility index (Phi) is 6.21. The quantitative estimate of drug-likeness (QED) is 0.732. The minimum atomic E-state index is -0.209. The summed E-state index contributed by atoms with van der Waals surface area (Å²) in [5.74, 6) is 2.88. The van der Waals surface area contributed by atoms with Crippen LogP contribution in [0.25, 0.3) is 0 Å². The number of carbonyl (C=O) groups is 1. The largest absolute Gasteiger partial charge is 0.331 e. The highest BCUT2D eigenvalue weighted by molar-refractivity contribution is 5.83. The van der Waals surface area contributed by atoms with Crippen molar-refractivity contribution in [3.05, 3.63) is 0 Å². The van der Waals surface area contributed by atoms with E-state index >= 15 is 0 Å². The smallest absolute Gasteiger partial charge is 0.230 e. The lowest BCUT2D eigenvalue weighted by atomic mass is 9.75. The predicted octanol–water partition coefficient (Wildman–Crippen LogP) is 2.03. The standard InChI is InChI=1S/C15H26N2O/c1-4-8-15(9-7-10-16-13-15)14(18)17(11-5-2)12-6-3/h2,16H,4,6-13H2,1,3H3. The fraction of sp³-hybridized carbons (Fsp3) is 0.800. The number of nitrogens with zero attached hydrogens (tertiary/aromatic N) is 1. The van der Waals surface area contributed by atoms with Gasteiger partial charge in [0.25, 0.3) is 0 Å². The Bertz CT molecular complexity index is 295. The molecule has 1 saturated heterocycles. The van der Waals surface area contributed by atoms with Crippen LogP contribution in [0.1, 0.15) is 46.0 Å². The third-order valence-corrected chi connectivity index (χ3v) is 3.72.